The van der Waals surface area contributed by atoms with E-state index in [1.807, 2.05) is 24.3 Å². The first-order chi connectivity index (χ1) is 11.9. The van der Waals surface area contributed by atoms with Crippen LogP contribution < -0.4 is 10.1 Å². The largest absolute Gasteiger partial charge is 0.497 e. The van der Waals surface area contributed by atoms with Crippen LogP contribution in [0.3, 0.4) is 0 Å². The van der Waals surface area contributed by atoms with E-state index in [0.29, 0.717) is 18.7 Å². The summed E-state index contributed by atoms with van der Waals surface area (Å²) in [5, 5.41) is 9.46. The molecule has 0 atom stereocenters. The Morgan fingerprint density at radius 1 is 1.12 bits per heavy atom. The van der Waals surface area contributed by atoms with Crippen LogP contribution in [0, 0.1) is 0 Å². The Labute approximate surface area is 142 Å². The van der Waals surface area contributed by atoms with Crippen LogP contribution in [-0.2, 0) is 24.1 Å². The summed E-state index contributed by atoms with van der Waals surface area (Å²) in [6, 6.07) is 7.57. The molecule has 0 unspecified atom stereocenters. The molecule has 0 bridgehead atoms. The van der Waals surface area contributed by atoms with Gasteiger partial charge in [-0.3, -0.25) is 4.79 Å². The van der Waals surface area contributed by atoms with Crippen molar-refractivity contribution in [3.8, 4) is 5.75 Å². The van der Waals surface area contributed by atoms with Gasteiger partial charge in [-0.25, -0.2) is 0 Å². The lowest BCUT2D eigenvalue weighted by Crippen LogP contribution is -2.33. The number of alkyl halides is 3. The van der Waals surface area contributed by atoms with Gasteiger partial charge < -0.3 is 14.5 Å². The standard InChI is InChI=1S/C16H18F3N3O3/c1-24-12-5-2-11(3-6-12)4-8-14-21-22-15(25-14)9-7-13(23)20-10-16(17,18)19/h2-3,5-6H,4,7-10H2,1H3,(H,20,23). The van der Waals surface area contributed by atoms with Crippen molar-refractivity contribution in [2.45, 2.75) is 31.9 Å². The van der Waals surface area contributed by atoms with Gasteiger partial charge in [-0.05, 0) is 24.1 Å². The van der Waals surface area contributed by atoms with E-state index in [-0.39, 0.29) is 18.7 Å². The lowest BCUT2D eigenvalue weighted by Gasteiger charge is -2.07. The number of hydrogen-bond donors (Lipinski definition) is 1. The lowest BCUT2D eigenvalue weighted by molar-refractivity contribution is -0.138. The van der Waals surface area contributed by atoms with Crippen LogP contribution in [0.25, 0.3) is 0 Å². The first-order valence-corrected chi connectivity index (χ1v) is 7.63. The van der Waals surface area contributed by atoms with Gasteiger partial charge in [0.05, 0.1) is 7.11 Å². The van der Waals surface area contributed by atoms with Gasteiger partial charge in [0.15, 0.2) is 0 Å². The number of ether oxygens (including phenoxy) is 1. The van der Waals surface area contributed by atoms with E-state index in [9.17, 15) is 18.0 Å². The topological polar surface area (TPSA) is 77.2 Å². The van der Waals surface area contributed by atoms with E-state index < -0.39 is 18.6 Å². The highest BCUT2D eigenvalue weighted by Gasteiger charge is 2.27. The van der Waals surface area contributed by atoms with Gasteiger partial charge in [-0.2, -0.15) is 13.2 Å². The van der Waals surface area contributed by atoms with Crippen LogP contribution in [0.1, 0.15) is 23.8 Å². The van der Waals surface area contributed by atoms with Gasteiger partial charge in [-0.1, -0.05) is 12.1 Å². The summed E-state index contributed by atoms with van der Waals surface area (Å²) in [4.78, 5) is 11.3. The third-order valence-electron chi connectivity index (χ3n) is 3.35. The number of aryl methyl sites for hydroxylation is 3. The highest BCUT2D eigenvalue weighted by Crippen LogP contribution is 2.14. The number of aromatic nitrogens is 2. The molecule has 0 fully saturated rings. The molecule has 2 rings (SSSR count). The Kier molecular flexibility index (Phi) is 6.37. The van der Waals surface area contributed by atoms with Crippen molar-refractivity contribution < 1.29 is 27.1 Å². The summed E-state index contributed by atoms with van der Waals surface area (Å²) in [5.74, 6) is 0.705. The zero-order chi connectivity index (χ0) is 18.3. The molecule has 1 heterocycles. The van der Waals surface area contributed by atoms with Crippen molar-refractivity contribution >= 4 is 5.91 Å². The molecule has 0 spiro atoms. The van der Waals surface area contributed by atoms with E-state index in [4.69, 9.17) is 9.15 Å². The first-order valence-electron chi connectivity index (χ1n) is 7.63. The fraction of sp³-hybridized carbons (Fsp3) is 0.438. The molecule has 0 aliphatic carbocycles. The minimum absolute atomic E-state index is 0.0965. The fourth-order valence-corrected chi connectivity index (χ4v) is 2.04. The van der Waals surface area contributed by atoms with Crippen LogP contribution >= 0.6 is 0 Å². The van der Waals surface area contributed by atoms with Gasteiger partial charge in [0.25, 0.3) is 0 Å². The summed E-state index contributed by atoms with van der Waals surface area (Å²) in [6.07, 6.45) is -3.25. The van der Waals surface area contributed by atoms with Crippen molar-refractivity contribution in [2.24, 2.45) is 0 Å². The average molecular weight is 357 g/mol. The maximum atomic E-state index is 12.0. The normalized spacial score (nSPS) is 11.4. The predicted octanol–water partition coefficient (Wildman–Crippen LogP) is 2.47. The summed E-state index contributed by atoms with van der Waals surface area (Å²) in [6.45, 7) is -1.34. The van der Waals surface area contributed by atoms with Crippen molar-refractivity contribution in [1.82, 2.24) is 15.5 Å². The Morgan fingerprint density at radius 2 is 1.76 bits per heavy atom. The van der Waals surface area contributed by atoms with Crippen LogP contribution in [0.4, 0.5) is 13.2 Å². The number of carbonyl (C=O) groups excluding carboxylic acids is 1. The summed E-state index contributed by atoms with van der Waals surface area (Å²) in [7, 11) is 1.60. The van der Waals surface area contributed by atoms with Crippen LogP contribution in [-0.4, -0.2) is 35.9 Å². The van der Waals surface area contributed by atoms with Gasteiger partial charge in [0.2, 0.25) is 17.7 Å². The van der Waals surface area contributed by atoms with Crippen molar-refractivity contribution in [2.75, 3.05) is 13.7 Å². The molecule has 0 radical (unpaired) electrons. The number of nitrogens with one attached hydrogen (secondary N) is 1. The molecule has 0 saturated carbocycles. The van der Waals surface area contributed by atoms with Crippen molar-refractivity contribution in [3.05, 3.63) is 41.6 Å². The predicted molar refractivity (Wildman–Crippen MR) is 82.1 cm³/mol. The van der Waals surface area contributed by atoms with E-state index in [0.717, 1.165) is 11.3 Å². The second kappa shape index (κ2) is 8.50. The number of halogens is 3. The van der Waals surface area contributed by atoms with E-state index in [1.165, 1.54) is 0 Å². The zero-order valence-electron chi connectivity index (χ0n) is 13.6. The second-order valence-electron chi connectivity index (χ2n) is 5.33. The Balaban J connectivity index is 1.74. The number of nitrogens with zero attached hydrogens (tertiary/aromatic N) is 2. The Morgan fingerprint density at radius 3 is 2.36 bits per heavy atom. The Hall–Kier alpha value is -2.58. The van der Waals surface area contributed by atoms with Gasteiger partial charge >= 0.3 is 6.18 Å². The third kappa shape index (κ3) is 6.82. The minimum atomic E-state index is -4.42. The summed E-state index contributed by atoms with van der Waals surface area (Å²) < 4.78 is 46.4. The molecule has 136 valence electrons. The van der Waals surface area contributed by atoms with Crippen LogP contribution in [0.2, 0.25) is 0 Å². The van der Waals surface area contributed by atoms with Gasteiger partial charge in [0.1, 0.15) is 12.3 Å². The fourth-order valence-electron chi connectivity index (χ4n) is 2.04. The monoisotopic (exact) mass is 357 g/mol. The number of carbonyl (C=O) groups is 1. The first kappa shape index (κ1) is 18.8. The van der Waals surface area contributed by atoms with E-state index in [1.54, 1.807) is 12.4 Å². The molecule has 9 heteroatoms. The van der Waals surface area contributed by atoms with E-state index in [2.05, 4.69) is 10.2 Å². The van der Waals surface area contributed by atoms with Crippen LogP contribution in [0.15, 0.2) is 28.7 Å². The number of methoxy groups -OCH3 is 1. The zero-order valence-corrected chi connectivity index (χ0v) is 13.6. The molecule has 0 aliphatic rings. The number of hydrogen-bond acceptors (Lipinski definition) is 5. The number of benzene rings is 1. The molecule has 0 aliphatic heterocycles. The molecular formula is C16H18F3N3O3. The van der Waals surface area contributed by atoms with Crippen molar-refractivity contribution in [3.63, 3.8) is 0 Å². The Bertz CT molecular complexity index is 684. The molecule has 1 aromatic carbocycles. The van der Waals surface area contributed by atoms with E-state index >= 15 is 0 Å². The maximum absolute atomic E-state index is 12.0. The molecule has 1 aromatic heterocycles. The molecule has 1 N–H and O–H groups in total. The number of rotatable bonds is 8. The molecule has 25 heavy (non-hydrogen) atoms. The number of amides is 1. The second-order valence-corrected chi connectivity index (χ2v) is 5.33. The summed E-state index contributed by atoms with van der Waals surface area (Å²) >= 11 is 0. The van der Waals surface area contributed by atoms with Crippen molar-refractivity contribution in [1.29, 1.82) is 0 Å². The van der Waals surface area contributed by atoms with Crippen LogP contribution in [0.5, 0.6) is 5.75 Å². The third-order valence-corrected chi connectivity index (χ3v) is 3.35. The minimum Gasteiger partial charge on any atom is -0.497 e. The molecule has 0 saturated heterocycles. The SMILES string of the molecule is COc1ccc(CCc2nnc(CCC(=O)NCC(F)(F)F)o2)cc1. The lowest BCUT2D eigenvalue weighted by atomic mass is 10.1. The molecule has 1 amide bonds. The highest BCUT2D eigenvalue weighted by atomic mass is 19.4. The highest BCUT2D eigenvalue weighted by molar-refractivity contribution is 5.76. The van der Waals surface area contributed by atoms with Gasteiger partial charge in [-0.15, -0.1) is 10.2 Å². The molecule has 2 aromatic rings. The van der Waals surface area contributed by atoms with Gasteiger partial charge in [0, 0.05) is 19.3 Å². The quantitative estimate of drug-likeness (QED) is 0.785. The maximum Gasteiger partial charge on any atom is 0.405 e. The molecule has 6 nitrogen and oxygen atoms in total. The smallest absolute Gasteiger partial charge is 0.405 e. The average Bonchev–Trinajstić information content (AvgIpc) is 3.04. The molecular weight excluding hydrogens is 339 g/mol. The summed E-state index contributed by atoms with van der Waals surface area (Å²) in [5.41, 5.74) is 1.08.